The number of ether oxygens (including phenoxy) is 2. The van der Waals surface area contributed by atoms with E-state index in [0.717, 1.165) is 57.8 Å². The van der Waals surface area contributed by atoms with Gasteiger partial charge in [0.15, 0.2) is 6.10 Å². The number of carbonyl (C=O) groups is 2. The molecule has 0 saturated carbocycles. The van der Waals surface area contributed by atoms with Crippen molar-refractivity contribution in [3.63, 3.8) is 0 Å². The topological polar surface area (TPSA) is 108 Å². The molecule has 0 fully saturated rings. The van der Waals surface area contributed by atoms with Crippen molar-refractivity contribution in [2.24, 2.45) is 0 Å². The van der Waals surface area contributed by atoms with Crippen LogP contribution in [0.2, 0.25) is 0 Å². The smallest absolute Gasteiger partial charge is 0.462 e. The number of phosphoric ester groups is 1. The van der Waals surface area contributed by atoms with Crippen LogP contribution in [0.25, 0.3) is 0 Å². The maximum atomic E-state index is 12.9. The number of quaternary nitrogens is 1. The van der Waals surface area contributed by atoms with E-state index < -0.39 is 26.5 Å². The predicted molar refractivity (Wildman–Crippen MR) is 354 cm³/mol. The van der Waals surface area contributed by atoms with Crippen LogP contribution in [0.5, 0.6) is 0 Å². The Hall–Kier alpha value is -1.77. The van der Waals surface area contributed by atoms with Crippen LogP contribution in [-0.4, -0.2) is 74.9 Å². The molecule has 0 radical (unpaired) electrons. The Labute approximate surface area is 510 Å². The molecule has 10 heteroatoms. The zero-order valence-electron chi connectivity index (χ0n) is 55.3. The van der Waals surface area contributed by atoms with Crippen molar-refractivity contribution in [2.45, 2.75) is 367 Å². The first kappa shape index (κ1) is 80.2. The standard InChI is InChI=1S/C72H138NO8P/c1-6-8-10-12-14-16-18-20-22-24-26-28-30-31-32-33-34-35-36-37-38-39-40-41-43-44-46-48-50-52-54-56-58-60-62-64-71(74)78-68-70(69-80-82(76,77)79-67-66-73(3,4)5)81-72(75)65-63-61-59-57-55-53-51-49-47-45-42-29-27-25-23-21-19-17-15-13-11-9-7-2/h19,21,25,27,42,45,70H,6-18,20,22-24,26,28-41,43-44,46-69H2,1-5H3/p+1/b21-19-,27-25-,45-42-. The van der Waals surface area contributed by atoms with Gasteiger partial charge in [0.25, 0.3) is 0 Å². The second-order valence-electron chi connectivity index (χ2n) is 25.6. The third kappa shape index (κ3) is 67.4. The summed E-state index contributed by atoms with van der Waals surface area (Å²) in [4.78, 5) is 35.8. The van der Waals surface area contributed by atoms with Crippen LogP contribution in [-0.2, 0) is 32.7 Å². The zero-order valence-corrected chi connectivity index (χ0v) is 56.1. The molecule has 1 N–H and O–H groups in total. The van der Waals surface area contributed by atoms with Crippen LogP contribution in [0, 0.1) is 0 Å². The number of phosphoric acid groups is 1. The zero-order chi connectivity index (χ0) is 59.8. The molecule has 0 spiro atoms. The number of hydrogen-bond donors (Lipinski definition) is 1. The number of hydrogen-bond acceptors (Lipinski definition) is 7. The first-order valence-corrected chi connectivity index (χ1v) is 37.2. The van der Waals surface area contributed by atoms with E-state index in [1.807, 2.05) is 21.1 Å². The van der Waals surface area contributed by atoms with Gasteiger partial charge in [-0.05, 0) is 51.4 Å². The molecule has 0 amide bonds. The Balaban J connectivity index is 3.96. The Morgan fingerprint density at radius 1 is 0.378 bits per heavy atom. The monoisotopic (exact) mass is 1180 g/mol. The number of rotatable bonds is 67. The van der Waals surface area contributed by atoms with Gasteiger partial charge in [-0.25, -0.2) is 4.57 Å². The Bertz CT molecular complexity index is 1480. The van der Waals surface area contributed by atoms with Crippen LogP contribution < -0.4 is 0 Å². The Morgan fingerprint density at radius 2 is 0.659 bits per heavy atom. The largest absolute Gasteiger partial charge is 0.472 e. The first-order chi connectivity index (χ1) is 40.0. The van der Waals surface area contributed by atoms with Crippen molar-refractivity contribution in [3.8, 4) is 0 Å². The van der Waals surface area contributed by atoms with E-state index in [2.05, 4.69) is 50.3 Å². The molecule has 484 valence electrons. The summed E-state index contributed by atoms with van der Waals surface area (Å²) in [7, 11) is 1.49. The highest BCUT2D eigenvalue weighted by molar-refractivity contribution is 7.47. The van der Waals surface area contributed by atoms with Gasteiger partial charge in [-0.1, -0.05) is 333 Å². The highest BCUT2D eigenvalue weighted by Crippen LogP contribution is 2.43. The lowest BCUT2D eigenvalue weighted by Gasteiger charge is -2.24. The second kappa shape index (κ2) is 63.7. The first-order valence-electron chi connectivity index (χ1n) is 35.7. The van der Waals surface area contributed by atoms with E-state index in [-0.39, 0.29) is 25.6 Å². The molecule has 0 aliphatic carbocycles. The highest BCUT2D eigenvalue weighted by atomic mass is 31.2. The molecule has 82 heavy (non-hydrogen) atoms. The van der Waals surface area contributed by atoms with E-state index in [9.17, 15) is 19.0 Å². The van der Waals surface area contributed by atoms with Crippen LogP contribution >= 0.6 is 7.82 Å². The molecule has 0 rings (SSSR count). The molecule has 0 aliphatic rings. The van der Waals surface area contributed by atoms with Gasteiger partial charge in [-0.15, -0.1) is 0 Å². The summed E-state index contributed by atoms with van der Waals surface area (Å²) >= 11 is 0. The number of unbranched alkanes of at least 4 members (excludes halogenated alkanes) is 47. The molecule has 0 aromatic rings. The average Bonchev–Trinajstić information content (AvgIpc) is 3.46. The third-order valence-electron chi connectivity index (χ3n) is 16.2. The van der Waals surface area contributed by atoms with Crippen molar-refractivity contribution in [1.82, 2.24) is 0 Å². The van der Waals surface area contributed by atoms with Crippen LogP contribution in [0.1, 0.15) is 361 Å². The van der Waals surface area contributed by atoms with Gasteiger partial charge < -0.3 is 18.9 Å². The van der Waals surface area contributed by atoms with E-state index in [1.54, 1.807) is 0 Å². The quantitative estimate of drug-likeness (QED) is 0.0211. The summed E-state index contributed by atoms with van der Waals surface area (Å²) in [6.07, 6.45) is 81.2. The second-order valence-corrected chi connectivity index (χ2v) is 27.1. The molecule has 0 saturated heterocycles. The van der Waals surface area contributed by atoms with E-state index in [0.29, 0.717) is 23.9 Å². The van der Waals surface area contributed by atoms with Crippen molar-refractivity contribution in [3.05, 3.63) is 36.5 Å². The van der Waals surface area contributed by atoms with Crippen molar-refractivity contribution in [1.29, 1.82) is 0 Å². The van der Waals surface area contributed by atoms with Crippen molar-refractivity contribution < 1.29 is 42.1 Å². The highest BCUT2D eigenvalue weighted by Gasteiger charge is 2.27. The summed E-state index contributed by atoms with van der Waals surface area (Å²) in [5.74, 6) is -0.788. The van der Waals surface area contributed by atoms with Gasteiger partial charge in [0, 0.05) is 12.8 Å². The van der Waals surface area contributed by atoms with Crippen molar-refractivity contribution in [2.75, 3.05) is 47.5 Å². The average molecular weight is 1180 g/mol. The molecule has 9 nitrogen and oxygen atoms in total. The molecule has 0 aromatic carbocycles. The third-order valence-corrected chi connectivity index (χ3v) is 17.2. The maximum absolute atomic E-state index is 12.9. The van der Waals surface area contributed by atoms with Gasteiger partial charge >= 0.3 is 19.8 Å². The van der Waals surface area contributed by atoms with Gasteiger partial charge in [0.05, 0.1) is 27.7 Å². The normalized spacial score (nSPS) is 13.3. The molecular formula is C72H139NO8P+. The van der Waals surface area contributed by atoms with Crippen LogP contribution in [0.3, 0.4) is 0 Å². The molecule has 0 aliphatic heterocycles. The molecular weight excluding hydrogens is 1040 g/mol. The lowest BCUT2D eigenvalue weighted by molar-refractivity contribution is -0.870. The summed E-state index contributed by atoms with van der Waals surface area (Å²) < 4.78 is 34.7. The number of likely N-dealkylation sites (N-methyl/N-ethyl adjacent to an activating group) is 1. The minimum absolute atomic E-state index is 0.0316. The van der Waals surface area contributed by atoms with E-state index in [1.165, 1.54) is 270 Å². The summed E-state index contributed by atoms with van der Waals surface area (Å²) in [6.45, 7) is 4.48. The number of carbonyl (C=O) groups excluding carboxylic acids is 2. The van der Waals surface area contributed by atoms with E-state index >= 15 is 0 Å². The maximum Gasteiger partial charge on any atom is 0.472 e. The summed E-state index contributed by atoms with van der Waals surface area (Å²) in [6, 6.07) is 0. The fourth-order valence-electron chi connectivity index (χ4n) is 10.7. The number of nitrogens with zero attached hydrogens (tertiary/aromatic N) is 1. The fourth-order valence-corrected chi connectivity index (χ4v) is 11.4. The molecule has 0 heterocycles. The molecule has 2 atom stereocenters. The lowest BCUT2D eigenvalue weighted by Crippen LogP contribution is -2.37. The van der Waals surface area contributed by atoms with Gasteiger partial charge in [-0.3, -0.25) is 18.6 Å². The molecule has 0 aromatic heterocycles. The van der Waals surface area contributed by atoms with E-state index in [4.69, 9.17) is 18.5 Å². The minimum atomic E-state index is -4.39. The Morgan fingerprint density at radius 3 is 0.976 bits per heavy atom. The number of esters is 2. The number of allylic oxidation sites excluding steroid dienone is 6. The van der Waals surface area contributed by atoms with Crippen molar-refractivity contribution >= 4 is 19.8 Å². The summed E-state index contributed by atoms with van der Waals surface area (Å²) in [5, 5.41) is 0. The van der Waals surface area contributed by atoms with Crippen LogP contribution in [0.15, 0.2) is 36.5 Å². The predicted octanol–water partition coefficient (Wildman–Crippen LogP) is 23.1. The fraction of sp³-hybridized carbons (Fsp3) is 0.889. The Kier molecular flexibility index (Phi) is 62.3. The van der Waals surface area contributed by atoms with Crippen LogP contribution in [0.4, 0.5) is 0 Å². The molecule has 2 unspecified atom stereocenters. The van der Waals surface area contributed by atoms with Gasteiger partial charge in [0.1, 0.15) is 19.8 Å². The van der Waals surface area contributed by atoms with Gasteiger partial charge in [0.2, 0.25) is 0 Å². The van der Waals surface area contributed by atoms with Gasteiger partial charge in [-0.2, -0.15) is 0 Å². The lowest BCUT2D eigenvalue weighted by atomic mass is 10.0. The molecule has 0 bridgehead atoms. The summed E-state index contributed by atoms with van der Waals surface area (Å²) in [5.41, 5.74) is 0. The minimum Gasteiger partial charge on any atom is -0.462 e. The SMILES string of the molecule is CCCCCCC/C=C\C/C=C\C/C=C\CCCCCCCCCCC(=O)OC(COC(=O)CCCCCCCCCCCCCCCCCCCCCCCCCCCCCCCCCCCCC)COP(=O)(O)OCC[N+](C)(C)C.